The quantitative estimate of drug-likeness (QED) is 0.0510. The highest BCUT2D eigenvalue weighted by molar-refractivity contribution is 5.19. The third kappa shape index (κ3) is 10.8. The molecule has 31 atom stereocenters. The Bertz CT molecular complexity index is 2000. The van der Waals surface area contributed by atoms with Crippen LogP contribution in [0.25, 0.3) is 0 Å². The van der Waals surface area contributed by atoms with Crippen LogP contribution in [0.5, 0.6) is 0 Å². The molecule has 0 radical (unpaired) electrons. The first-order chi connectivity index (χ1) is 36.6. The third-order valence-corrected chi connectivity index (χ3v) is 21.5. The van der Waals surface area contributed by atoms with Gasteiger partial charge < -0.3 is 119 Å². The van der Waals surface area contributed by atoms with Crippen LogP contribution < -0.4 is 0 Å². The number of fused-ring (bicyclic) bond motifs is 5. The molecule has 5 saturated heterocycles. The van der Waals surface area contributed by atoms with Gasteiger partial charge in [0.05, 0.1) is 56.4 Å². The molecule has 78 heavy (non-hydrogen) atoms. The molecule has 4 saturated carbocycles. The number of aliphatic hydroxyl groups is 15. The van der Waals surface area contributed by atoms with E-state index < -0.39 is 173 Å². The van der Waals surface area contributed by atoms with Crippen molar-refractivity contribution in [3.05, 3.63) is 0 Å². The SMILES string of the molecule is CC1(C)OC1CC[C@H](CC1CC[C@]2(C)C1[C@H](O)CC1[C@@]3(C)CCC(O[C@@H]4O[C@H](CO)[C@@H](O)[C@H](O)[C@H]4O[C@@H]4O[C@H](CO)[C@@H](O)[C@H](O)[C@H]4O)C(C)(C)C3CC[C@]12C)O[C@@H]1O[C@H](CO[C@@H]2O[C@H](CO)[C@@H](O)[C@H](O)[C@H]2O)[C@@H](O)[C@H](O)[C@@H]1O. The summed E-state index contributed by atoms with van der Waals surface area (Å²) in [6.45, 7) is 12.8. The minimum atomic E-state index is -1.81. The Balaban J connectivity index is 0.893. The first kappa shape index (κ1) is 61.6. The molecule has 0 spiro atoms. The molecule has 15 N–H and O–H groups in total. The number of rotatable bonds is 17. The fourth-order valence-electron chi connectivity index (χ4n) is 16.6. The average Bonchev–Trinajstić information content (AvgIpc) is 4.05. The lowest BCUT2D eigenvalue weighted by molar-refractivity contribution is -0.378. The highest BCUT2D eigenvalue weighted by Gasteiger charge is 2.71. The van der Waals surface area contributed by atoms with Crippen LogP contribution in [0.4, 0.5) is 0 Å². The fraction of sp³-hybridized carbons (Fsp3) is 1.00. The van der Waals surface area contributed by atoms with Crippen LogP contribution >= 0.6 is 0 Å². The molecule has 0 bridgehead atoms. The molecule has 9 aliphatic rings. The van der Waals surface area contributed by atoms with Gasteiger partial charge in [-0.15, -0.1) is 0 Å². The van der Waals surface area contributed by atoms with Gasteiger partial charge in [-0.1, -0.05) is 34.6 Å². The molecule has 0 aromatic rings. The minimum Gasteiger partial charge on any atom is -0.394 e. The molecule has 24 heteroatoms. The van der Waals surface area contributed by atoms with Gasteiger partial charge in [0.15, 0.2) is 25.2 Å². The number of aliphatic hydroxyl groups excluding tert-OH is 15. The summed E-state index contributed by atoms with van der Waals surface area (Å²) in [6, 6.07) is 0. The highest BCUT2D eigenvalue weighted by Crippen LogP contribution is 2.75. The molecule has 0 aromatic heterocycles. The number of hydrogen-bond donors (Lipinski definition) is 15. The standard InChI is InChI=1S/C54H92O24/c1-50(2)29-11-15-53(6)30(52(29,5)13-12-31(50)76-49-45(41(66)36(61)27(20-57)74-49)77-48-44(69)39(64)35(60)26(19-56)73-48)17-24(58)33-22(10-14-54(33,53)7)16-23(8-9-32-51(3,4)78-32)71-47-43(68)40(65)37(62)28(75-47)21-70-46-42(67)38(63)34(59)25(18-55)72-46/h22-49,55-69H,8-21H2,1-7H3/t22?,23-,24-,25-,26-,27-,28-,29?,30?,31?,32?,33?,34-,35-,36-,37-,38+,39+,40+,41+,42-,43+,44-,45-,46-,47-,48+,49+,52+,53-,54-/m1/s1. The highest BCUT2D eigenvalue weighted by atomic mass is 16.8. The smallest absolute Gasteiger partial charge is 0.187 e. The van der Waals surface area contributed by atoms with Crippen molar-refractivity contribution in [3.8, 4) is 0 Å². The second kappa shape index (κ2) is 23.1. The summed E-state index contributed by atoms with van der Waals surface area (Å²) in [5.74, 6) is 0.0163. The summed E-state index contributed by atoms with van der Waals surface area (Å²) in [5, 5.41) is 161. The Hall–Kier alpha value is -0.960. The van der Waals surface area contributed by atoms with Gasteiger partial charge in [0, 0.05) is 0 Å². The second-order valence-electron chi connectivity index (χ2n) is 26.4. The van der Waals surface area contributed by atoms with Crippen molar-refractivity contribution >= 4 is 0 Å². The van der Waals surface area contributed by atoms with Gasteiger partial charge in [0.2, 0.25) is 0 Å². The van der Waals surface area contributed by atoms with Gasteiger partial charge in [-0.05, 0) is 123 Å². The molecular formula is C54H92O24. The van der Waals surface area contributed by atoms with E-state index in [0.29, 0.717) is 38.5 Å². The topological polar surface area (TPSA) is 390 Å². The number of ether oxygens (including phenoxy) is 9. The minimum absolute atomic E-state index is 0.0150. The lowest BCUT2D eigenvalue weighted by atomic mass is 9.35. The zero-order valence-electron chi connectivity index (χ0n) is 45.9. The normalized spacial score (nSPS) is 54.2. The average molecular weight is 1130 g/mol. The predicted octanol–water partition coefficient (Wildman–Crippen LogP) is -2.99. The molecule has 4 aliphatic carbocycles. The van der Waals surface area contributed by atoms with Gasteiger partial charge in [0.1, 0.15) is 97.7 Å². The van der Waals surface area contributed by atoms with Gasteiger partial charge in [-0.3, -0.25) is 0 Å². The van der Waals surface area contributed by atoms with Crippen molar-refractivity contribution in [3.63, 3.8) is 0 Å². The first-order valence-corrected chi connectivity index (χ1v) is 28.4. The summed E-state index contributed by atoms with van der Waals surface area (Å²) in [5.41, 5.74) is -1.68. The Morgan fingerprint density at radius 2 is 1.03 bits per heavy atom. The fourth-order valence-corrected chi connectivity index (χ4v) is 16.6. The molecular weight excluding hydrogens is 1030 g/mol. The van der Waals surface area contributed by atoms with Crippen molar-refractivity contribution in [2.24, 2.45) is 45.3 Å². The van der Waals surface area contributed by atoms with Gasteiger partial charge in [-0.2, -0.15) is 0 Å². The van der Waals surface area contributed by atoms with E-state index in [4.69, 9.17) is 42.6 Å². The zero-order valence-corrected chi connectivity index (χ0v) is 45.9. The van der Waals surface area contributed by atoms with Crippen LogP contribution in [0, 0.1) is 45.3 Å². The van der Waals surface area contributed by atoms with E-state index in [9.17, 15) is 76.6 Å². The largest absolute Gasteiger partial charge is 0.394 e. The maximum absolute atomic E-state index is 12.7. The molecule has 0 amide bonds. The summed E-state index contributed by atoms with van der Waals surface area (Å²) >= 11 is 0. The maximum atomic E-state index is 12.7. The molecule has 0 aromatic carbocycles. The van der Waals surface area contributed by atoms with Crippen LogP contribution in [0.15, 0.2) is 0 Å². The predicted molar refractivity (Wildman–Crippen MR) is 266 cm³/mol. The maximum Gasteiger partial charge on any atom is 0.187 e. The van der Waals surface area contributed by atoms with Crippen molar-refractivity contribution in [1.82, 2.24) is 0 Å². The molecule has 6 unspecified atom stereocenters. The summed E-state index contributed by atoms with van der Waals surface area (Å²) < 4.78 is 54.4. The Morgan fingerprint density at radius 1 is 0.513 bits per heavy atom. The Morgan fingerprint density at radius 3 is 1.62 bits per heavy atom. The van der Waals surface area contributed by atoms with E-state index in [0.717, 1.165) is 25.7 Å². The van der Waals surface area contributed by atoms with Crippen molar-refractivity contribution in [1.29, 1.82) is 0 Å². The summed E-state index contributed by atoms with van der Waals surface area (Å²) in [7, 11) is 0. The van der Waals surface area contributed by atoms with E-state index in [1.807, 2.05) is 13.8 Å². The van der Waals surface area contributed by atoms with E-state index in [1.165, 1.54) is 0 Å². The molecule has 9 rings (SSSR count). The van der Waals surface area contributed by atoms with Crippen molar-refractivity contribution < 1.29 is 119 Å². The van der Waals surface area contributed by atoms with E-state index in [1.54, 1.807) is 0 Å². The van der Waals surface area contributed by atoms with Crippen LogP contribution in [-0.4, -0.2) is 256 Å². The lowest BCUT2D eigenvalue weighted by Gasteiger charge is -2.70. The molecule has 9 fully saturated rings. The molecule has 5 aliphatic heterocycles. The van der Waals surface area contributed by atoms with Crippen LogP contribution in [0.1, 0.15) is 113 Å². The van der Waals surface area contributed by atoms with Crippen LogP contribution in [-0.2, 0) is 42.6 Å². The monoisotopic (exact) mass is 1120 g/mol. The summed E-state index contributed by atoms with van der Waals surface area (Å²) in [4.78, 5) is 0. The number of hydrogen-bond acceptors (Lipinski definition) is 24. The summed E-state index contributed by atoms with van der Waals surface area (Å²) in [6.07, 6.45) is -26.5. The van der Waals surface area contributed by atoms with Gasteiger partial charge >= 0.3 is 0 Å². The Kier molecular flexibility index (Phi) is 18.3. The molecule has 5 heterocycles. The van der Waals surface area contributed by atoms with Crippen LogP contribution in [0.3, 0.4) is 0 Å². The molecule has 24 nitrogen and oxygen atoms in total. The first-order valence-electron chi connectivity index (χ1n) is 28.4. The van der Waals surface area contributed by atoms with Crippen molar-refractivity contribution in [2.75, 3.05) is 26.4 Å². The van der Waals surface area contributed by atoms with Crippen molar-refractivity contribution in [2.45, 2.75) is 266 Å². The third-order valence-electron chi connectivity index (χ3n) is 21.5. The Labute approximate surface area is 455 Å². The van der Waals surface area contributed by atoms with E-state index in [-0.39, 0.29) is 51.6 Å². The number of epoxide rings is 1. The second-order valence-corrected chi connectivity index (χ2v) is 26.4. The van der Waals surface area contributed by atoms with Gasteiger partial charge in [-0.25, -0.2) is 0 Å². The zero-order chi connectivity index (χ0) is 56.9. The van der Waals surface area contributed by atoms with E-state index >= 15 is 0 Å². The van der Waals surface area contributed by atoms with Crippen LogP contribution in [0.2, 0.25) is 0 Å². The molecule has 452 valence electrons. The van der Waals surface area contributed by atoms with Gasteiger partial charge in [0.25, 0.3) is 0 Å². The lowest BCUT2D eigenvalue weighted by Crippen LogP contribution is -2.67. The van der Waals surface area contributed by atoms with E-state index in [2.05, 4.69) is 34.6 Å².